The zero-order valence-corrected chi connectivity index (χ0v) is 15.3. The van der Waals surface area contributed by atoms with E-state index in [1.54, 1.807) is 0 Å². The number of nitrogens with one attached hydrogen (secondary N) is 1. The summed E-state index contributed by atoms with van der Waals surface area (Å²) in [5.41, 5.74) is 3.74. The van der Waals surface area contributed by atoms with Crippen molar-refractivity contribution >= 4 is 22.1 Å². The molecule has 0 fully saturated rings. The van der Waals surface area contributed by atoms with E-state index in [2.05, 4.69) is 79.0 Å². The second-order valence-electron chi connectivity index (χ2n) is 6.90. The van der Waals surface area contributed by atoms with Gasteiger partial charge in [-0.25, -0.2) is 0 Å². The number of aryl methyl sites for hydroxylation is 1. The van der Waals surface area contributed by atoms with Gasteiger partial charge in [0, 0.05) is 11.4 Å². The van der Waals surface area contributed by atoms with E-state index in [0.717, 1.165) is 11.4 Å². The van der Waals surface area contributed by atoms with Crippen molar-refractivity contribution in [1.82, 2.24) is 0 Å². The Morgan fingerprint density at radius 2 is 1.32 bits per heavy atom. The summed E-state index contributed by atoms with van der Waals surface area (Å²) in [6, 6.07) is 23.9. The van der Waals surface area contributed by atoms with Crippen LogP contribution >= 0.6 is 0 Å². The van der Waals surface area contributed by atoms with E-state index < -0.39 is 0 Å². The number of fused-ring (bicyclic) bond motifs is 1. The summed E-state index contributed by atoms with van der Waals surface area (Å²) in [7, 11) is 0. The number of rotatable bonds is 9. The van der Waals surface area contributed by atoms with Crippen LogP contribution in [-0.4, -0.2) is 0 Å². The maximum absolute atomic E-state index is 3.51. The molecule has 0 bridgehead atoms. The van der Waals surface area contributed by atoms with Crippen LogP contribution in [0.3, 0.4) is 0 Å². The monoisotopic (exact) mass is 331 g/mol. The first-order valence-corrected chi connectivity index (χ1v) is 9.70. The van der Waals surface area contributed by atoms with Crippen molar-refractivity contribution in [1.29, 1.82) is 0 Å². The Morgan fingerprint density at radius 3 is 2.12 bits per heavy atom. The lowest BCUT2D eigenvalue weighted by Crippen LogP contribution is -1.91. The molecule has 0 amide bonds. The van der Waals surface area contributed by atoms with Gasteiger partial charge < -0.3 is 5.32 Å². The first-order chi connectivity index (χ1) is 12.3. The highest BCUT2D eigenvalue weighted by Crippen LogP contribution is 2.23. The minimum Gasteiger partial charge on any atom is -0.356 e. The van der Waals surface area contributed by atoms with E-state index in [1.807, 2.05) is 0 Å². The summed E-state index contributed by atoms with van der Waals surface area (Å²) in [5, 5.41) is 6.06. The van der Waals surface area contributed by atoms with Crippen LogP contribution in [0.25, 0.3) is 10.8 Å². The molecule has 0 aliphatic rings. The molecule has 0 saturated carbocycles. The molecule has 3 aromatic carbocycles. The second kappa shape index (κ2) is 9.27. The minimum atomic E-state index is 1.14. The van der Waals surface area contributed by atoms with Crippen LogP contribution in [0.2, 0.25) is 0 Å². The van der Waals surface area contributed by atoms with Crippen molar-refractivity contribution in [3.63, 3.8) is 0 Å². The SMILES string of the molecule is CCCCCCCCc1ccc(Nc2ccc3ccccc3c2)cc1. The molecule has 0 aliphatic heterocycles. The third kappa shape index (κ3) is 5.35. The fourth-order valence-electron chi connectivity index (χ4n) is 3.30. The second-order valence-corrected chi connectivity index (χ2v) is 6.90. The van der Waals surface area contributed by atoms with Gasteiger partial charge in [0.1, 0.15) is 0 Å². The molecule has 3 aromatic rings. The molecule has 1 N–H and O–H groups in total. The van der Waals surface area contributed by atoms with Gasteiger partial charge in [0.2, 0.25) is 0 Å². The number of unbranched alkanes of at least 4 members (excludes halogenated alkanes) is 5. The third-order valence-electron chi connectivity index (χ3n) is 4.81. The standard InChI is InChI=1S/C24H29N/c1-2-3-4-5-6-7-10-20-13-16-23(17-14-20)25-24-18-15-21-11-8-9-12-22(21)19-24/h8-9,11-19,25H,2-7,10H2,1H3. The Kier molecular flexibility index (Phi) is 6.50. The van der Waals surface area contributed by atoms with Crippen molar-refractivity contribution in [2.45, 2.75) is 51.9 Å². The van der Waals surface area contributed by atoms with Crippen molar-refractivity contribution in [3.05, 3.63) is 72.3 Å². The summed E-state index contributed by atoms with van der Waals surface area (Å²) >= 11 is 0. The Bertz CT molecular complexity index is 773. The molecule has 0 aliphatic carbocycles. The quantitative estimate of drug-likeness (QED) is 0.400. The maximum atomic E-state index is 3.51. The highest BCUT2D eigenvalue weighted by molar-refractivity contribution is 5.86. The van der Waals surface area contributed by atoms with Crippen molar-refractivity contribution in [2.75, 3.05) is 5.32 Å². The summed E-state index contributed by atoms with van der Waals surface area (Å²) < 4.78 is 0. The van der Waals surface area contributed by atoms with Gasteiger partial charge >= 0.3 is 0 Å². The molecule has 0 heterocycles. The Hall–Kier alpha value is -2.28. The van der Waals surface area contributed by atoms with Gasteiger partial charge in [-0.1, -0.05) is 81.5 Å². The third-order valence-corrected chi connectivity index (χ3v) is 4.81. The lowest BCUT2D eigenvalue weighted by atomic mass is 10.0. The van der Waals surface area contributed by atoms with E-state index in [-0.39, 0.29) is 0 Å². The van der Waals surface area contributed by atoms with E-state index >= 15 is 0 Å². The average molecular weight is 332 g/mol. The minimum absolute atomic E-state index is 1.14. The van der Waals surface area contributed by atoms with E-state index in [4.69, 9.17) is 0 Å². The first-order valence-electron chi connectivity index (χ1n) is 9.70. The zero-order valence-electron chi connectivity index (χ0n) is 15.3. The van der Waals surface area contributed by atoms with Crippen LogP contribution < -0.4 is 5.32 Å². The van der Waals surface area contributed by atoms with Gasteiger partial charge in [-0.15, -0.1) is 0 Å². The van der Waals surface area contributed by atoms with Crippen LogP contribution in [0, 0.1) is 0 Å². The lowest BCUT2D eigenvalue weighted by Gasteiger charge is -2.09. The topological polar surface area (TPSA) is 12.0 Å². The van der Waals surface area contributed by atoms with Gasteiger partial charge in [0.15, 0.2) is 0 Å². The predicted molar refractivity (Wildman–Crippen MR) is 111 cm³/mol. The van der Waals surface area contributed by atoms with Crippen molar-refractivity contribution in [3.8, 4) is 0 Å². The van der Waals surface area contributed by atoms with Crippen molar-refractivity contribution in [2.24, 2.45) is 0 Å². The molecule has 25 heavy (non-hydrogen) atoms. The van der Waals surface area contributed by atoms with E-state index in [0.29, 0.717) is 0 Å². The molecule has 0 unspecified atom stereocenters. The van der Waals surface area contributed by atoms with Gasteiger partial charge in [-0.3, -0.25) is 0 Å². The molecular formula is C24H29N. The predicted octanol–water partition coefficient (Wildman–Crippen LogP) is 7.49. The van der Waals surface area contributed by atoms with Crippen LogP contribution in [0.4, 0.5) is 11.4 Å². The van der Waals surface area contributed by atoms with E-state index in [9.17, 15) is 0 Å². The van der Waals surface area contributed by atoms with Crippen LogP contribution in [0.5, 0.6) is 0 Å². The molecule has 1 heteroatoms. The molecule has 0 saturated heterocycles. The summed E-state index contributed by atoms with van der Waals surface area (Å²) in [6.45, 7) is 2.27. The number of benzene rings is 3. The molecule has 0 radical (unpaired) electrons. The first kappa shape index (κ1) is 17.5. The van der Waals surface area contributed by atoms with Gasteiger partial charge in [-0.2, -0.15) is 0 Å². The van der Waals surface area contributed by atoms with Crippen LogP contribution in [0.1, 0.15) is 51.0 Å². The Balaban J connectivity index is 1.51. The molecule has 1 nitrogen and oxygen atoms in total. The molecular weight excluding hydrogens is 302 g/mol. The number of anilines is 2. The number of hydrogen-bond acceptors (Lipinski definition) is 1. The van der Waals surface area contributed by atoms with Crippen LogP contribution in [-0.2, 0) is 6.42 Å². The fourth-order valence-corrected chi connectivity index (χ4v) is 3.30. The lowest BCUT2D eigenvalue weighted by molar-refractivity contribution is 0.607. The normalized spacial score (nSPS) is 10.9. The fraction of sp³-hybridized carbons (Fsp3) is 0.333. The highest BCUT2D eigenvalue weighted by Gasteiger charge is 1.99. The summed E-state index contributed by atoms with van der Waals surface area (Å²) in [4.78, 5) is 0. The molecule has 130 valence electrons. The highest BCUT2D eigenvalue weighted by atomic mass is 14.9. The molecule has 3 rings (SSSR count). The van der Waals surface area contributed by atoms with E-state index in [1.165, 1.54) is 61.3 Å². The summed E-state index contributed by atoms with van der Waals surface area (Å²) in [5.74, 6) is 0. The van der Waals surface area contributed by atoms with Crippen LogP contribution in [0.15, 0.2) is 66.7 Å². The Labute approximate surface area is 152 Å². The van der Waals surface area contributed by atoms with Crippen molar-refractivity contribution < 1.29 is 0 Å². The number of hydrogen-bond donors (Lipinski definition) is 1. The van der Waals surface area contributed by atoms with Gasteiger partial charge in [-0.05, 0) is 53.4 Å². The van der Waals surface area contributed by atoms with Gasteiger partial charge in [0.25, 0.3) is 0 Å². The molecule has 0 atom stereocenters. The zero-order chi connectivity index (χ0) is 17.3. The molecule has 0 spiro atoms. The smallest absolute Gasteiger partial charge is 0.0390 e. The Morgan fingerprint density at radius 1 is 0.640 bits per heavy atom. The molecule has 0 aromatic heterocycles. The average Bonchev–Trinajstić information content (AvgIpc) is 2.66. The maximum Gasteiger partial charge on any atom is 0.0390 e. The largest absolute Gasteiger partial charge is 0.356 e. The van der Waals surface area contributed by atoms with Gasteiger partial charge in [0.05, 0.1) is 0 Å². The summed E-state index contributed by atoms with van der Waals surface area (Å²) in [6.07, 6.45) is 9.35.